The smallest absolute Gasteiger partial charge is 0.370 e. The number of carbonyl (C=O) groups excluding carboxylic acids is 1. The van der Waals surface area contributed by atoms with Crippen LogP contribution < -0.4 is 9.47 Å². The first-order valence-electron chi connectivity index (χ1n) is 8.26. The number of thiophene rings is 1. The average molecular weight is 397 g/mol. The molecule has 7 heteroatoms. The van der Waals surface area contributed by atoms with E-state index in [0.29, 0.717) is 5.75 Å². The second-order valence-electron chi connectivity index (χ2n) is 5.76. The van der Waals surface area contributed by atoms with E-state index >= 15 is 0 Å². The number of benzene rings is 2. The van der Waals surface area contributed by atoms with Crippen LogP contribution in [0.1, 0.15) is 11.1 Å². The van der Waals surface area contributed by atoms with Crippen molar-refractivity contribution in [1.29, 1.82) is 5.26 Å². The predicted molar refractivity (Wildman–Crippen MR) is 101 cm³/mol. The summed E-state index contributed by atoms with van der Waals surface area (Å²) in [5, 5.41) is 13.7. The van der Waals surface area contributed by atoms with Crippen molar-refractivity contribution in [3.8, 4) is 17.6 Å². The summed E-state index contributed by atoms with van der Waals surface area (Å²) in [7, 11) is 1.11. The number of carbonyl (C=O) groups is 1. The Balaban J connectivity index is 2.00. The van der Waals surface area contributed by atoms with Gasteiger partial charge in [0.25, 0.3) is 0 Å². The summed E-state index contributed by atoms with van der Waals surface area (Å²) in [4.78, 5) is 12.5. The largest absolute Gasteiger partial charge is 0.489 e. The van der Waals surface area contributed by atoms with Gasteiger partial charge < -0.3 is 14.2 Å². The van der Waals surface area contributed by atoms with E-state index in [0.717, 1.165) is 18.7 Å². The van der Waals surface area contributed by atoms with Crippen LogP contribution in [-0.2, 0) is 21.7 Å². The Morgan fingerprint density at radius 3 is 2.61 bits per heavy atom. The SMILES string of the molecule is COC(=O)C(C#N)(Oc1ccccc1)c1cc(OCc2ccsc2)ccc1F. The van der Waals surface area contributed by atoms with Crippen LogP contribution >= 0.6 is 11.3 Å². The minimum Gasteiger partial charge on any atom is -0.489 e. The van der Waals surface area contributed by atoms with Crippen molar-refractivity contribution in [3.05, 3.63) is 82.3 Å². The first-order valence-corrected chi connectivity index (χ1v) is 9.21. The molecule has 142 valence electrons. The number of methoxy groups -OCH3 is 1. The van der Waals surface area contributed by atoms with Crippen molar-refractivity contribution in [2.45, 2.75) is 12.2 Å². The van der Waals surface area contributed by atoms with Gasteiger partial charge in [0, 0.05) is 0 Å². The molecule has 0 saturated carbocycles. The monoisotopic (exact) mass is 397 g/mol. The molecule has 0 aliphatic carbocycles. The number of halogens is 1. The molecule has 0 aliphatic rings. The summed E-state index contributed by atoms with van der Waals surface area (Å²) < 4.78 is 30.7. The average Bonchev–Trinajstić information content (AvgIpc) is 3.25. The number of nitrogens with zero attached hydrogens (tertiary/aromatic N) is 1. The lowest BCUT2D eigenvalue weighted by molar-refractivity contribution is -0.155. The van der Waals surface area contributed by atoms with Crippen LogP contribution in [-0.4, -0.2) is 13.1 Å². The third-order valence-electron chi connectivity index (χ3n) is 3.95. The minimum absolute atomic E-state index is 0.221. The zero-order valence-electron chi connectivity index (χ0n) is 14.9. The molecule has 0 fully saturated rings. The number of ether oxygens (including phenoxy) is 3. The molecule has 1 aromatic heterocycles. The third kappa shape index (κ3) is 3.97. The number of esters is 1. The van der Waals surface area contributed by atoms with Gasteiger partial charge in [-0.2, -0.15) is 16.6 Å². The molecule has 28 heavy (non-hydrogen) atoms. The number of hydrogen-bond acceptors (Lipinski definition) is 6. The van der Waals surface area contributed by atoms with Gasteiger partial charge in [0.2, 0.25) is 0 Å². The highest BCUT2D eigenvalue weighted by Gasteiger charge is 2.47. The van der Waals surface area contributed by atoms with Crippen molar-refractivity contribution < 1.29 is 23.4 Å². The van der Waals surface area contributed by atoms with Crippen molar-refractivity contribution in [1.82, 2.24) is 0 Å². The van der Waals surface area contributed by atoms with E-state index in [4.69, 9.17) is 14.2 Å². The van der Waals surface area contributed by atoms with Gasteiger partial charge in [0.05, 0.1) is 12.7 Å². The third-order valence-corrected chi connectivity index (χ3v) is 4.68. The van der Waals surface area contributed by atoms with E-state index in [1.165, 1.54) is 23.5 Å². The number of nitriles is 1. The van der Waals surface area contributed by atoms with Gasteiger partial charge >= 0.3 is 11.6 Å². The molecule has 2 aromatic carbocycles. The molecule has 1 atom stereocenters. The molecule has 0 bridgehead atoms. The Morgan fingerprint density at radius 2 is 1.96 bits per heavy atom. The maximum absolute atomic E-state index is 14.7. The van der Waals surface area contributed by atoms with E-state index in [-0.39, 0.29) is 17.9 Å². The Hall–Kier alpha value is -3.37. The van der Waals surface area contributed by atoms with Gasteiger partial charge in [-0.15, -0.1) is 0 Å². The van der Waals surface area contributed by atoms with E-state index in [1.807, 2.05) is 16.8 Å². The fourth-order valence-electron chi connectivity index (χ4n) is 2.55. The lowest BCUT2D eigenvalue weighted by Crippen LogP contribution is -2.42. The molecule has 1 heterocycles. The fourth-order valence-corrected chi connectivity index (χ4v) is 3.20. The van der Waals surface area contributed by atoms with Gasteiger partial charge in [-0.05, 0) is 52.7 Å². The summed E-state index contributed by atoms with van der Waals surface area (Å²) in [6, 6.07) is 15.7. The molecule has 0 amide bonds. The quantitative estimate of drug-likeness (QED) is 0.552. The summed E-state index contributed by atoms with van der Waals surface area (Å²) in [6.07, 6.45) is 0. The van der Waals surface area contributed by atoms with Gasteiger partial charge in [0.15, 0.2) is 0 Å². The second-order valence-corrected chi connectivity index (χ2v) is 6.54. The van der Waals surface area contributed by atoms with Crippen LogP contribution in [0.15, 0.2) is 65.4 Å². The van der Waals surface area contributed by atoms with Crippen LogP contribution in [0.25, 0.3) is 0 Å². The van der Waals surface area contributed by atoms with Crippen LogP contribution in [0, 0.1) is 17.1 Å². The minimum atomic E-state index is -2.32. The van der Waals surface area contributed by atoms with Gasteiger partial charge in [0.1, 0.15) is 30.0 Å². The van der Waals surface area contributed by atoms with Gasteiger partial charge in [-0.25, -0.2) is 9.18 Å². The summed E-state index contributed by atoms with van der Waals surface area (Å²) in [5.41, 5.74) is -1.65. The molecule has 0 saturated heterocycles. The molecule has 0 spiro atoms. The predicted octanol–water partition coefficient (Wildman–Crippen LogP) is 4.44. The number of para-hydroxylation sites is 1. The number of hydrogen-bond donors (Lipinski definition) is 0. The lowest BCUT2D eigenvalue weighted by atomic mass is 9.94. The molecule has 0 N–H and O–H groups in total. The van der Waals surface area contributed by atoms with Crippen molar-refractivity contribution >= 4 is 17.3 Å². The maximum Gasteiger partial charge on any atom is 0.370 e. The van der Waals surface area contributed by atoms with E-state index in [1.54, 1.807) is 36.4 Å². The topological polar surface area (TPSA) is 68.6 Å². The number of rotatable bonds is 7. The maximum atomic E-state index is 14.7. The van der Waals surface area contributed by atoms with E-state index < -0.39 is 17.4 Å². The zero-order valence-corrected chi connectivity index (χ0v) is 15.7. The van der Waals surface area contributed by atoms with Crippen LogP contribution in [0.2, 0.25) is 0 Å². The van der Waals surface area contributed by atoms with Gasteiger partial charge in [-0.3, -0.25) is 0 Å². The Bertz CT molecular complexity index is 985. The molecule has 0 aliphatic heterocycles. The zero-order chi connectivity index (χ0) is 20.0. The Kier molecular flexibility index (Phi) is 5.92. The Labute approximate surface area is 165 Å². The van der Waals surface area contributed by atoms with Crippen molar-refractivity contribution in [2.75, 3.05) is 7.11 Å². The standard InChI is InChI=1S/C21H16FNO4S/c1-25-20(24)21(14-23,27-16-5-3-2-4-6-16)18-11-17(7-8-19(18)22)26-12-15-9-10-28-13-15/h2-11,13H,12H2,1H3. The molecule has 3 rings (SSSR count). The first kappa shape index (κ1) is 19.4. The molecule has 5 nitrogen and oxygen atoms in total. The van der Waals surface area contributed by atoms with Crippen LogP contribution in [0.3, 0.4) is 0 Å². The second kappa shape index (κ2) is 8.55. The van der Waals surface area contributed by atoms with Crippen molar-refractivity contribution in [2.24, 2.45) is 0 Å². The summed E-state index contributed by atoms with van der Waals surface area (Å²) in [5.74, 6) is -1.31. The normalized spacial score (nSPS) is 12.5. The van der Waals surface area contributed by atoms with E-state index in [2.05, 4.69) is 0 Å². The summed E-state index contributed by atoms with van der Waals surface area (Å²) in [6.45, 7) is 0.270. The molecule has 1 unspecified atom stereocenters. The lowest BCUT2D eigenvalue weighted by Gasteiger charge is -2.26. The van der Waals surface area contributed by atoms with Crippen LogP contribution in [0.4, 0.5) is 4.39 Å². The molecule has 0 radical (unpaired) electrons. The highest BCUT2D eigenvalue weighted by Crippen LogP contribution is 2.33. The molecular formula is C21H16FNO4S. The first-order chi connectivity index (χ1) is 13.6. The summed E-state index contributed by atoms with van der Waals surface area (Å²) >= 11 is 1.53. The molecule has 3 aromatic rings. The van der Waals surface area contributed by atoms with Crippen molar-refractivity contribution in [3.63, 3.8) is 0 Å². The molecular weight excluding hydrogens is 381 g/mol. The highest BCUT2D eigenvalue weighted by atomic mass is 32.1. The van der Waals surface area contributed by atoms with Gasteiger partial charge in [-0.1, -0.05) is 18.2 Å². The van der Waals surface area contributed by atoms with E-state index in [9.17, 15) is 14.4 Å². The Morgan fingerprint density at radius 1 is 1.18 bits per heavy atom. The van der Waals surface area contributed by atoms with Crippen LogP contribution in [0.5, 0.6) is 11.5 Å². The fraction of sp³-hybridized carbons (Fsp3) is 0.143. The highest BCUT2D eigenvalue weighted by molar-refractivity contribution is 7.07.